The van der Waals surface area contributed by atoms with E-state index < -0.39 is 5.76 Å². The van der Waals surface area contributed by atoms with Crippen LogP contribution in [0.15, 0.2) is 27.4 Å². The molecule has 0 unspecified atom stereocenters. The van der Waals surface area contributed by atoms with Crippen LogP contribution in [0, 0.1) is 0 Å². The number of piperazine rings is 1. The van der Waals surface area contributed by atoms with Gasteiger partial charge in [0.05, 0.1) is 5.52 Å². The molecule has 2 aromatic rings. The van der Waals surface area contributed by atoms with E-state index in [9.17, 15) is 9.59 Å². The molecule has 1 amide bonds. The number of aryl methyl sites for hydroxylation is 1. The molecule has 1 aromatic carbocycles. The summed E-state index contributed by atoms with van der Waals surface area (Å²) in [6, 6.07) is 5.54. The SMILES string of the molecule is CN1CCN(C(=O)CCc2ccc3oc(=O)[nH]c3c2)CC1. The van der Waals surface area contributed by atoms with Crippen LogP contribution in [0.1, 0.15) is 12.0 Å². The Labute approximate surface area is 122 Å². The number of carbonyl (C=O) groups is 1. The van der Waals surface area contributed by atoms with Gasteiger partial charge in [-0.3, -0.25) is 9.78 Å². The van der Waals surface area contributed by atoms with Gasteiger partial charge in [-0.2, -0.15) is 0 Å². The van der Waals surface area contributed by atoms with Gasteiger partial charge in [0, 0.05) is 32.6 Å². The van der Waals surface area contributed by atoms with Gasteiger partial charge in [-0.1, -0.05) is 6.07 Å². The number of hydrogen-bond donors (Lipinski definition) is 1. The Kier molecular flexibility index (Phi) is 3.79. The summed E-state index contributed by atoms with van der Waals surface area (Å²) < 4.78 is 4.96. The zero-order valence-electron chi connectivity index (χ0n) is 12.1. The van der Waals surface area contributed by atoms with Crippen molar-refractivity contribution in [3.8, 4) is 0 Å². The van der Waals surface area contributed by atoms with Crippen LogP contribution in [0.25, 0.3) is 11.1 Å². The van der Waals surface area contributed by atoms with E-state index in [2.05, 4.69) is 16.9 Å². The molecule has 0 atom stereocenters. The van der Waals surface area contributed by atoms with Crippen molar-refractivity contribution in [2.24, 2.45) is 0 Å². The molecular weight excluding hydrogens is 270 g/mol. The van der Waals surface area contributed by atoms with Crippen molar-refractivity contribution in [2.45, 2.75) is 12.8 Å². The molecule has 0 bridgehead atoms. The van der Waals surface area contributed by atoms with Crippen molar-refractivity contribution in [2.75, 3.05) is 33.2 Å². The van der Waals surface area contributed by atoms with Crippen LogP contribution < -0.4 is 5.76 Å². The number of nitrogens with zero attached hydrogens (tertiary/aromatic N) is 2. The van der Waals surface area contributed by atoms with E-state index >= 15 is 0 Å². The topological polar surface area (TPSA) is 69.5 Å². The second-order valence-corrected chi connectivity index (χ2v) is 5.53. The van der Waals surface area contributed by atoms with Gasteiger partial charge in [-0.25, -0.2) is 4.79 Å². The monoisotopic (exact) mass is 289 g/mol. The van der Waals surface area contributed by atoms with Gasteiger partial charge in [-0.15, -0.1) is 0 Å². The van der Waals surface area contributed by atoms with Crippen molar-refractivity contribution in [3.63, 3.8) is 0 Å². The number of H-pyrrole nitrogens is 1. The molecular formula is C15H19N3O3. The number of nitrogens with one attached hydrogen (secondary N) is 1. The maximum absolute atomic E-state index is 12.2. The smallest absolute Gasteiger partial charge is 0.408 e. The first-order chi connectivity index (χ1) is 10.1. The number of hydrogen-bond acceptors (Lipinski definition) is 4. The number of fused-ring (bicyclic) bond motifs is 1. The number of aromatic amines is 1. The van der Waals surface area contributed by atoms with Crippen LogP contribution in [-0.4, -0.2) is 53.9 Å². The molecule has 1 aliphatic heterocycles. The second-order valence-electron chi connectivity index (χ2n) is 5.53. The number of oxazole rings is 1. The Bertz CT molecular complexity index is 695. The first kappa shape index (κ1) is 13.9. The third-order valence-corrected chi connectivity index (χ3v) is 3.97. The summed E-state index contributed by atoms with van der Waals surface area (Å²) in [5.74, 6) is -0.250. The fourth-order valence-electron chi connectivity index (χ4n) is 2.62. The summed E-state index contributed by atoms with van der Waals surface area (Å²) in [4.78, 5) is 30.1. The van der Waals surface area contributed by atoms with E-state index in [0.717, 1.165) is 31.7 Å². The van der Waals surface area contributed by atoms with E-state index in [0.29, 0.717) is 23.9 Å². The Morgan fingerprint density at radius 1 is 1.29 bits per heavy atom. The quantitative estimate of drug-likeness (QED) is 0.908. The van der Waals surface area contributed by atoms with Crippen molar-refractivity contribution < 1.29 is 9.21 Å². The van der Waals surface area contributed by atoms with Crippen LogP contribution in [-0.2, 0) is 11.2 Å². The van der Waals surface area contributed by atoms with E-state index in [1.807, 2.05) is 17.0 Å². The van der Waals surface area contributed by atoms with Crippen LogP contribution in [0.4, 0.5) is 0 Å². The van der Waals surface area contributed by atoms with Crippen molar-refractivity contribution in [1.82, 2.24) is 14.8 Å². The Morgan fingerprint density at radius 2 is 2.05 bits per heavy atom. The molecule has 2 heterocycles. The van der Waals surface area contributed by atoms with Crippen LogP contribution in [0.2, 0.25) is 0 Å². The highest BCUT2D eigenvalue weighted by atomic mass is 16.4. The summed E-state index contributed by atoms with van der Waals surface area (Å²) in [5, 5.41) is 0. The molecule has 6 nitrogen and oxygen atoms in total. The highest BCUT2D eigenvalue weighted by Gasteiger charge is 2.18. The van der Waals surface area contributed by atoms with E-state index in [1.54, 1.807) is 6.07 Å². The van der Waals surface area contributed by atoms with Gasteiger partial charge in [0.2, 0.25) is 5.91 Å². The largest absolute Gasteiger partial charge is 0.417 e. The molecule has 1 N–H and O–H groups in total. The predicted octanol–water partition coefficient (Wildman–Crippen LogP) is 0.828. The zero-order chi connectivity index (χ0) is 14.8. The maximum Gasteiger partial charge on any atom is 0.417 e. The number of aromatic nitrogens is 1. The summed E-state index contributed by atoms with van der Waals surface area (Å²) in [6.45, 7) is 3.49. The normalized spacial score (nSPS) is 16.5. The minimum Gasteiger partial charge on any atom is -0.408 e. The van der Waals surface area contributed by atoms with Gasteiger partial charge < -0.3 is 14.2 Å². The Hall–Kier alpha value is -2.08. The predicted molar refractivity (Wildman–Crippen MR) is 79.2 cm³/mol. The fourth-order valence-corrected chi connectivity index (χ4v) is 2.62. The van der Waals surface area contributed by atoms with E-state index in [1.165, 1.54) is 0 Å². The van der Waals surface area contributed by atoms with Crippen molar-refractivity contribution in [1.29, 1.82) is 0 Å². The maximum atomic E-state index is 12.2. The Morgan fingerprint density at radius 3 is 2.81 bits per heavy atom. The van der Waals surface area contributed by atoms with Crippen LogP contribution >= 0.6 is 0 Å². The number of amides is 1. The number of carbonyl (C=O) groups excluding carboxylic acids is 1. The minimum atomic E-state index is -0.448. The van der Waals surface area contributed by atoms with Gasteiger partial charge in [-0.05, 0) is 31.2 Å². The molecule has 0 saturated carbocycles. The molecule has 0 aliphatic carbocycles. The lowest BCUT2D eigenvalue weighted by atomic mass is 10.1. The number of rotatable bonds is 3. The van der Waals surface area contributed by atoms with Gasteiger partial charge in [0.1, 0.15) is 0 Å². The van der Waals surface area contributed by atoms with Crippen LogP contribution in [0.5, 0.6) is 0 Å². The lowest BCUT2D eigenvalue weighted by Crippen LogP contribution is -2.47. The average Bonchev–Trinajstić information content (AvgIpc) is 2.84. The first-order valence-corrected chi connectivity index (χ1v) is 7.20. The average molecular weight is 289 g/mol. The lowest BCUT2D eigenvalue weighted by molar-refractivity contribution is -0.132. The molecule has 1 aromatic heterocycles. The molecule has 3 rings (SSSR count). The molecule has 0 radical (unpaired) electrons. The Balaban J connectivity index is 1.60. The highest BCUT2D eigenvalue weighted by molar-refractivity contribution is 5.77. The first-order valence-electron chi connectivity index (χ1n) is 7.20. The molecule has 0 spiro atoms. The van der Waals surface area contributed by atoms with E-state index in [-0.39, 0.29) is 5.91 Å². The third kappa shape index (κ3) is 3.16. The van der Waals surface area contributed by atoms with Gasteiger partial charge in [0.25, 0.3) is 0 Å². The minimum absolute atomic E-state index is 0.198. The zero-order valence-corrected chi connectivity index (χ0v) is 12.1. The second kappa shape index (κ2) is 5.73. The molecule has 21 heavy (non-hydrogen) atoms. The molecule has 112 valence electrons. The van der Waals surface area contributed by atoms with Gasteiger partial charge >= 0.3 is 5.76 Å². The molecule has 6 heteroatoms. The number of benzene rings is 1. The van der Waals surface area contributed by atoms with Crippen LogP contribution in [0.3, 0.4) is 0 Å². The lowest BCUT2D eigenvalue weighted by Gasteiger charge is -2.32. The highest BCUT2D eigenvalue weighted by Crippen LogP contribution is 2.14. The van der Waals surface area contributed by atoms with Crippen molar-refractivity contribution >= 4 is 17.0 Å². The summed E-state index contributed by atoms with van der Waals surface area (Å²) in [6.07, 6.45) is 1.17. The summed E-state index contributed by atoms with van der Waals surface area (Å²) in [7, 11) is 2.07. The van der Waals surface area contributed by atoms with E-state index in [4.69, 9.17) is 4.42 Å². The van der Waals surface area contributed by atoms with Gasteiger partial charge in [0.15, 0.2) is 5.58 Å². The summed E-state index contributed by atoms with van der Waals surface area (Å²) in [5.41, 5.74) is 2.26. The molecule has 1 aliphatic rings. The molecule has 1 saturated heterocycles. The number of likely N-dealkylation sites (N-methyl/N-ethyl adjacent to an activating group) is 1. The fraction of sp³-hybridized carbons (Fsp3) is 0.467. The summed E-state index contributed by atoms with van der Waals surface area (Å²) >= 11 is 0. The standard InChI is InChI=1S/C15H19N3O3/c1-17-6-8-18(9-7-17)14(19)5-3-11-2-4-13-12(10-11)16-15(20)21-13/h2,4,10H,3,5-9H2,1H3,(H,16,20). The molecule has 1 fully saturated rings. The van der Waals surface area contributed by atoms with Crippen molar-refractivity contribution in [3.05, 3.63) is 34.3 Å². The third-order valence-electron chi connectivity index (χ3n) is 3.97.